The number of hydrogen-bond acceptors (Lipinski definition) is 5. The highest BCUT2D eigenvalue weighted by atomic mass is 35.5. The number of rotatable bonds is 9. The number of halogens is 3. The Kier molecular flexibility index (Phi) is 9.94. The van der Waals surface area contributed by atoms with E-state index in [0.717, 1.165) is 29.8 Å². The largest absolute Gasteiger partial charge is 0.348 e. The Labute approximate surface area is 266 Å². The van der Waals surface area contributed by atoms with E-state index in [0.29, 0.717) is 16.8 Å². The summed E-state index contributed by atoms with van der Waals surface area (Å²) in [5, 5.41) is 9.40. The van der Waals surface area contributed by atoms with Crippen LogP contribution in [0.3, 0.4) is 0 Å². The van der Waals surface area contributed by atoms with Gasteiger partial charge < -0.3 is 20.9 Å². The monoisotopic (exact) mass is 635 g/mol. The van der Waals surface area contributed by atoms with E-state index in [1.165, 1.54) is 47.6 Å². The van der Waals surface area contributed by atoms with E-state index in [9.17, 15) is 23.2 Å². The maximum Gasteiger partial charge on any atom is 0.270 e. The van der Waals surface area contributed by atoms with Gasteiger partial charge in [0.05, 0.1) is 24.6 Å². The molecule has 1 saturated heterocycles. The molecule has 2 aromatic carbocycles. The van der Waals surface area contributed by atoms with Crippen molar-refractivity contribution in [1.29, 1.82) is 0 Å². The zero-order valence-corrected chi connectivity index (χ0v) is 25.7. The number of alkyl halides is 1. The summed E-state index contributed by atoms with van der Waals surface area (Å²) in [6.07, 6.45) is 7.36. The van der Waals surface area contributed by atoms with Gasteiger partial charge in [-0.1, -0.05) is 36.4 Å². The minimum absolute atomic E-state index is 0. The predicted octanol–water partition coefficient (Wildman–Crippen LogP) is 4.75. The summed E-state index contributed by atoms with van der Waals surface area (Å²) in [5.74, 6) is -1.43. The van der Waals surface area contributed by atoms with Gasteiger partial charge in [0, 0.05) is 24.9 Å². The third-order valence-corrected chi connectivity index (χ3v) is 8.42. The molecule has 1 aromatic heterocycles. The van der Waals surface area contributed by atoms with E-state index in [-0.39, 0.29) is 37.1 Å². The lowest BCUT2D eigenvalue weighted by Gasteiger charge is -2.26. The molecule has 3 N–H and O–H groups in total. The third kappa shape index (κ3) is 7.57. The second-order valence-electron chi connectivity index (χ2n) is 11.7. The van der Waals surface area contributed by atoms with Crippen LogP contribution in [0.4, 0.5) is 8.78 Å². The van der Waals surface area contributed by atoms with Crippen LogP contribution in [0.5, 0.6) is 0 Å². The van der Waals surface area contributed by atoms with Gasteiger partial charge in [-0.2, -0.15) is 0 Å². The molecule has 45 heavy (non-hydrogen) atoms. The van der Waals surface area contributed by atoms with Gasteiger partial charge in [-0.05, 0) is 78.3 Å². The number of likely N-dealkylation sites (tertiary alicyclic amines) is 1. The van der Waals surface area contributed by atoms with Crippen LogP contribution in [0.1, 0.15) is 59.4 Å². The maximum absolute atomic E-state index is 14.6. The third-order valence-electron chi connectivity index (χ3n) is 8.42. The first-order valence-electron chi connectivity index (χ1n) is 15.1. The molecule has 3 atom stereocenters. The van der Waals surface area contributed by atoms with Gasteiger partial charge in [-0.3, -0.25) is 14.4 Å². The Morgan fingerprint density at radius 2 is 1.96 bits per heavy atom. The quantitative estimate of drug-likeness (QED) is 0.315. The van der Waals surface area contributed by atoms with Crippen LogP contribution in [-0.4, -0.2) is 66.0 Å². The van der Waals surface area contributed by atoms with Crippen molar-refractivity contribution in [3.63, 3.8) is 0 Å². The summed E-state index contributed by atoms with van der Waals surface area (Å²) in [6, 6.07) is 11.9. The predicted molar refractivity (Wildman–Crippen MR) is 172 cm³/mol. The molecule has 1 aliphatic carbocycles. The molecular formula is C34H36ClF2N5O3. The Hall–Kier alpha value is -4.15. The Morgan fingerprint density at radius 3 is 2.71 bits per heavy atom. The molecule has 1 saturated carbocycles. The molecule has 2 fully saturated rings. The fourth-order valence-corrected chi connectivity index (χ4v) is 5.79. The summed E-state index contributed by atoms with van der Waals surface area (Å²) < 4.78 is 28.1. The topological polar surface area (TPSA) is 103 Å². The molecule has 236 valence electrons. The molecule has 3 aromatic rings. The highest BCUT2D eigenvalue weighted by molar-refractivity contribution is 5.97. The average molecular weight is 636 g/mol. The van der Waals surface area contributed by atoms with Crippen LogP contribution < -0.4 is 16.0 Å². The number of aromatic nitrogens is 1. The highest BCUT2D eigenvalue weighted by Crippen LogP contribution is 2.33. The lowest BCUT2D eigenvalue weighted by molar-refractivity contribution is -0.138. The molecule has 11 heteroatoms. The standard InChI is InChI=1S/C34H35F2N5O3.ClH/c1-20(28-15-23(25-12-13-37-17-25)7-6-22(28)5-4-21-2-3-21)39-34(44)31-16-27(36)19-41(31)32(42)18-38-33(43)30-10-8-24-14-26(35)9-11-29(24)40-30;/h4-12,14-15,20-21,27,31,37H,2-3,13,16-19H2,1H3,(H,38,43)(H,39,44);1H/b5-4+;/t20-,27+,31-;/m0./s1. The number of carbonyl (C=O) groups is 3. The van der Waals surface area contributed by atoms with E-state index in [1.54, 1.807) is 6.07 Å². The van der Waals surface area contributed by atoms with Crippen LogP contribution in [-0.2, 0) is 9.59 Å². The van der Waals surface area contributed by atoms with Gasteiger partial charge in [0.1, 0.15) is 23.7 Å². The second kappa shape index (κ2) is 13.9. The molecule has 0 radical (unpaired) electrons. The zero-order valence-electron chi connectivity index (χ0n) is 24.9. The minimum Gasteiger partial charge on any atom is -0.348 e. The molecular weight excluding hydrogens is 600 g/mol. The molecule has 8 nitrogen and oxygen atoms in total. The first-order valence-corrected chi connectivity index (χ1v) is 15.1. The number of benzene rings is 2. The second-order valence-corrected chi connectivity index (χ2v) is 11.7. The zero-order chi connectivity index (χ0) is 30.8. The number of hydrogen-bond donors (Lipinski definition) is 3. The van der Waals surface area contributed by atoms with Gasteiger partial charge in [-0.15, -0.1) is 12.4 Å². The number of allylic oxidation sites excluding steroid dienone is 1. The van der Waals surface area contributed by atoms with Crippen LogP contribution in [0.25, 0.3) is 22.6 Å². The lowest BCUT2D eigenvalue weighted by Crippen LogP contribution is -2.49. The molecule has 3 amide bonds. The minimum atomic E-state index is -1.36. The molecule has 3 aliphatic rings. The smallest absolute Gasteiger partial charge is 0.270 e. The van der Waals surface area contributed by atoms with Crippen molar-refractivity contribution in [1.82, 2.24) is 25.8 Å². The molecule has 2 aliphatic heterocycles. The molecule has 6 rings (SSSR count). The van der Waals surface area contributed by atoms with Gasteiger partial charge in [0.15, 0.2) is 0 Å². The first-order chi connectivity index (χ1) is 21.2. The van der Waals surface area contributed by atoms with E-state index in [1.807, 2.05) is 6.92 Å². The average Bonchev–Trinajstić information content (AvgIpc) is 3.51. The molecule has 3 heterocycles. The Bertz CT molecular complexity index is 1670. The van der Waals surface area contributed by atoms with Crippen molar-refractivity contribution in [2.75, 3.05) is 26.2 Å². The number of fused-ring (bicyclic) bond motifs is 1. The normalized spacial score (nSPS) is 20.2. The summed E-state index contributed by atoms with van der Waals surface area (Å²) >= 11 is 0. The van der Waals surface area contributed by atoms with E-state index < -0.39 is 42.3 Å². The van der Waals surface area contributed by atoms with Gasteiger partial charge >= 0.3 is 0 Å². The van der Waals surface area contributed by atoms with E-state index >= 15 is 0 Å². The fraction of sp³-hybridized carbons (Fsp3) is 0.353. The number of nitrogens with one attached hydrogen (secondary N) is 3. The number of carbonyl (C=O) groups excluding carboxylic acids is 3. The van der Waals surface area contributed by atoms with Crippen molar-refractivity contribution in [2.24, 2.45) is 5.92 Å². The summed E-state index contributed by atoms with van der Waals surface area (Å²) in [6.45, 7) is 2.84. The van der Waals surface area contributed by atoms with E-state index in [4.69, 9.17) is 0 Å². The number of nitrogens with zero attached hydrogens (tertiary/aromatic N) is 2. The number of pyridine rings is 1. The summed E-state index contributed by atoms with van der Waals surface area (Å²) in [4.78, 5) is 44.8. The molecule has 0 unspecified atom stereocenters. The molecule has 0 bridgehead atoms. The van der Waals surface area contributed by atoms with Gasteiger partial charge in [-0.25, -0.2) is 13.8 Å². The van der Waals surface area contributed by atoms with Crippen LogP contribution in [0, 0.1) is 11.7 Å². The maximum atomic E-state index is 14.6. The summed E-state index contributed by atoms with van der Waals surface area (Å²) in [7, 11) is 0. The number of amides is 3. The Morgan fingerprint density at radius 1 is 1.13 bits per heavy atom. The van der Waals surface area contributed by atoms with Gasteiger partial charge in [0.2, 0.25) is 11.8 Å². The van der Waals surface area contributed by atoms with Crippen LogP contribution >= 0.6 is 12.4 Å². The van der Waals surface area contributed by atoms with Gasteiger partial charge in [0.25, 0.3) is 5.91 Å². The highest BCUT2D eigenvalue weighted by Gasteiger charge is 2.40. The molecule has 0 spiro atoms. The van der Waals surface area contributed by atoms with Crippen molar-refractivity contribution < 1.29 is 23.2 Å². The van der Waals surface area contributed by atoms with Crippen molar-refractivity contribution in [2.45, 2.75) is 44.4 Å². The van der Waals surface area contributed by atoms with Crippen molar-refractivity contribution >= 4 is 52.7 Å². The van der Waals surface area contributed by atoms with Crippen molar-refractivity contribution in [3.8, 4) is 0 Å². The summed E-state index contributed by atoms with van der Waals surface area (Å²) in [5.41, 5.74) is 4.74. The van der Waals surface area contributed by atoms with Crippen LogP contribution in [0.2, 0.25) is 0 Å². The fourth-order valence-electron chi connectivity index (χ4n) is 5.79. The van der Waals surface area contributed by atoms with Crippen LogP contribution in [0.15, 0.2) is 60.7 Å². The van der Waals surface area contributed by atoms with E-state index in [2.05, 4.69) is 57.4 Å². The lowest BCUT2D eigenvalue weighted by atomic mass is 9.94. The SMILES string of the molecule is C[C@H](NC(=O)[C@@H]1C[C@@H](F)CN1C(=O)CNC(=O)c1ccc2cc(F)ccc2n1)c1cc(C2=CCNC2)ccc1/C=C/C1CC1.Cl. The Balaban J connectivity index is 0.00000400. The first kappa shape index (κ1) is 32.2. The van der Waals surface area contributed by atoms with Crippen molar-refractivity contribution in [3.05, 3.63) is 88.9 Å².